The number of Topliss-reactive ketones (excluding diaryl/α,β-unsaturated/α-hetero) is 1. The number of benzene rings is 1. The highest BCUT2D eigenvalue weighted by atomic mass is 16.3. The third kappa shape index (κ3) is 21.3. The van der Waals surface area contributed by atoms with Crippen molar-refractivity contribution in [1.82, 2.24) is 57.7 Å². The SMILES string of the molecule is CC=C1NC(=O)C(CO)NC(=O)C(C(C)CC)NC(=O)C2CCCN2C(=O)C2CCC(N2)C(=O)CNC(=O)C(CCC(N)=O)NC(=O)C(O)C(CC(O)CC(O)C(O)CC(C)C)NC(=O)C2CCCN2C(=O)C(CCc2ccccc2)NC(=O)C(C(C)O)NC1=O. The first-order valence-corrected chi connectivity index (χ1v) is 31.4. The number of allylic oxidation sites excluding steroid dienone is 1. The van der Waals surface area contributed by atoms with Crippen LogP contribution in [0.5, 0.6) is 0 Å². The summed E-state index contributed by atoms with van der Waals surface area (Å²) in [5.41, 5.74) is 5.66. The van der Waals surface area contributed by atoms with Crippen molar-refractivity contribution in [3.05, 3.63) is 47.7 Å². The molecule has 1 aromatic carbocycles. The van der Waals surface area contributed by atoms with E-state index in [1.807, 2.05) is 0 Å². The molecule has 30 nitrogen and oxygen atoms in total. The Morgan fingerprint density at radius 1 is 0.659 bits per heavy atom. The first kappa shape index (κ1) is 74.2. The predicted octanol–water partition coefficient (Wildman–Crippen LogP) is -4.70. The van der Waals surface area contributed by atoms with Crippen LogP contribution in [0.15, 0.2) is 42.1 Å². The van der Waals surface area contributed by atoms with Crippen molar-refractivity contribution in [2.75, 3.05) is 26.2 Å². The summed E-state index contributed by atoms with van der Waals surface area (Å²) in [6, 6.07) is -5.37. The molecule has 16 atom stereocenters. The largest absolute Gasteiger partial charge is 0.394 e. The van der Waals surface area contributed by atoms with Gasteiger partial charge in [-0.2, -0.15) is 0 Å². The maximum atomic E-state index is 14.9. The van der Waals surface area contributed by atoms with Crippen molar-refractivity contribution >= 4 is 70.8 Å². The summed E-state index contributed by atoms with van der Waals surface area (Å²) < 4.78 is 0. The Hall–Kier alpha value is -7.48. The van der Waals surface area contributed by atoms with Gasteiger partial charge in [0.15, 0.2) is 11.9 Å². The van der Waals surface area contributed by atoms with Crippen LogP contribution in [-0.2, 0) is 64.0 Å². The summed E-state index contributed by atoms with van der Waals surface area (Å²) in [6.45, 7) is 7.90. The summed E-state index contributed by atoms with van der Waals surface area (Å²) in [4.78, 5) is 170. The molecular weight excluding hydrogens is 1190 g/mol. The van der Waals surface area contributed by atoms with E-state index in [1.54, 1.807) is 58.0 Å². The average molecular weight is 1280 g/mol. The third-order valence-electron chi connectivity index (χ3n) is 17.1. The molecule has 5 rings (SSSR count). The second kappa shape index (κ2) is 35.4. The van der Waals surface area contributed by atoms with Gasteiger partial charge in [0.05, 0.1) is 55.7 Å². The number of amides is 11. The topological polar surface area (TPSA) is 467 Å². The van der Waals surface area contributed by atoms with Crippen molar-refractivity contribution in [3.8, 4) is 0 Å². The molecule has 16 unspecified atom stereocenters. The summed E-state index contributed by atoms with van der Waals surface area (Å²) in [5, 5.41) is 88.8. The van der Waals surface area contributed by atoms with Crippen molar-refractivity contribution < 1.29 is 88.2 Å². The second-order valence-electron chi connectivity index (χ2n) is 24.5. The molecule has 1 aromatic rings. The molecule has 2 bridgehead atoms. The number of aryl methyl sites for hydroxylation is 1. The zero-order valence-electron chi connectivity index (χ0n) is 52.6. The molecule has 91 heavy (non-hydrogen) atoms. The van der Waals surface area contributed by atoms with E-state index in [2.05, 4.69) is 47.9 Å². The van der Waals surface area contributed by atoms with Crippen LogP contribution in [-0.4, -0.2) is 228 Å². The first-order valence-electron chi connectivity index (χ1n) is 31.4. The van der Waals surface area contributed by atoms with Crippen LogP contribution in [0.1, 0.15) is 131 Å². The molecule has 0 radical (unpaired) electrons. The highest BCUT2D eigenvalue weighted by molar-refractivity contribution is 6.03. The summed E-state index contributed by atoms with van der Waals surface area (Å²) in [7, 11) is 0. The Labute approximate surface area is 528 Å². The Bertz CT molecular complexity index is 2770. The lowest BCUT2D eigenvalue weighted by molar-refractivity contribution is -0.143. The molecule has 0 aliphatic carbocycles. The Morgan fingerprint density at radius 2 is 1.24 bits per heavy atom. The van der Waals surface area contributed by atoms with E-state index in [0.29, 0.717) is 12.8 Å². The molecule has 0 spiro atoms. The van der Waals surface area contributed by atoms with Gasteiger partial charge in [0.2, 0.25) is 53.2 Å². The lowest BCUT2D eigenvalue weighted by Gasteiger charge is -2.32. The second-order valence-corrected chi connectivity index (χ2v) is 24.5. The van der Waals surface area contributed by atoms with Gasteiger partial charge in [0, 0.05) is 25.9 Å². The van der Waals surface area contributed by atoms with Crippen molar-refractivity contribution in [1.29, 1.82) is 0 Å². The Balaban J connectivity index is 1.52. The number of carbonyl (C=O) groups excluding carboxylic acids is 12. The minimum atomic E-state index is -2.32. The van der Waals surface area contributed by atoms with Gasteiger partial charge in [0.25, 0.3) is 11.8 Å². The number of nitrogens with two attached hydrogens (primary N) is 1. The predicted molar refractivity (Wildman–Crippen MR) is 325 cm³/mol. The van der Waals surface area contributed by atoms with Gasteiger partial charge in [0.1, 0.15) is 48.0 Å². The number of ketones is 1. The minimum Gasteiger partial charge on any atom is -0.394 e. The quantitative estimate of drug-likeness (QED) is 0.0652. The molecule has 4 aliphatic rings. The van der Waals surface area contributed by atoms with E-state index in [1.165, 1.54) is 18.7 Å². The number of aliphatic hydroxyl groups excluding tert-OH is 6. The third-order valence-corrected chi connectivity index (χ3v) is 17.1. The van der Waals surface area contributed by atoms with Crippen LogP contribution in [0.2, 0.25) is 0 Å². The van der Waals surface area contributed by atoms with E-state index >= 15 is 0 Å². The first-order chi connectivity index (χ1) is 43.1. The number of rotatable bonds is 17. The fraction of sp³-hybridized carbons (Fsp3) is 0.672. The highest BCUT2D eigenvalue weighted by Gasteiger charge is 2.45. The average Bonchev–Trinajstić information content (AvgIpc) is 2.22. The van der Waals surface area contributed by atoms with Gasteiger partial charge in [-0.25, -0.2) is 0 Å². The number of hydrogen-bond donors (Lipinski definition) is 16. The van der Waals surface area contributed by atoms with Gasteiger partial charge >= 0.3 is 0 Å². The van der Waals surface area contributed by atoms with Crippen LogP contribution < -0.4 is 53.6 Å². The molecule has 4 heterocycles. The zero-order valence-corrected chi connectivity index (χ0v) is 52.6. The van der Waals surface area contributed by atoms with Crippen LogP contribution in [0.4, 0.5) is 0 Å². The Morgan fingerprint density at radius 3 is 1.84 bits per heavy atom. The number of carbonyl (C=O) groups is 12. The molecule has 17 N–H and O–H groups in total. The molecule has 30 heteroatoms. The fourth-order valence-electron chi connectivity index (χ4n) is 11.6. The molecule has 11 amide bonds. The molecule has 506 valence electrons. The number of nitrogens with zero attached hydrogens (tertiary/aromatic N) is 2. The van der Waals surface area contributed by atoms with Gasteiger partial charge < -0.3 is 88.7 Å². The monoisotopic (exact) mass is 1280 g/mol. The van der Waals surface area contributed by atoms with Gasteiger partial charge in [-0.15, -0.1) is 0 Å². The number of fused-ring (bicyclic) bond motifs is 4. The standard InChI is InChI=1S/C61H94N12O18/c1-7-32(5)49-57(87)69-42(30-74)54(84)65-36(8-2)53(83)71-50(33(6)75)58(88)67-40(19-18-34-14-10-9-11-15-34)61(91)72-24-12-16-43(72)55(85)68-41(27-35(76)28-46(78)45(77)26-31(3)4)51(81)59(89)66-38(22-23-48(62)80)52(82)63-29-47(79)37-20-21-39(64-37)60(90)73-25-13-17-44(73)56(86)70-49/h8-11,14-15,31-33,35,37-46,49-51,64,74-78,81H,7,12-13,16-30H2,1-6H3,(H2,62,80)(H,63,82)(H,65,84)(H,66,89)(H,67,88)(H,68,85)(H,69,87)(H,70,86)(H,71,83). The van der Waals surface area contributed by atoms with E-state index in [-0.39, 0.29) is 70.4 Å². The highest BCUT2D eigenvalue weighted by Crippen LogP contribution is 2.25. The van der Waals surface area contributed by atoms with E-state index in [4.69, 9.17) is 5.73 Å². The van der Waals surface area contributed by atoms with Crippen LogP contribution >= 0.6 is 0 Å². The molecule has 4 aliphatic heterocycles. The lowest BCUT2D eigenvalue weighted by atomic mass is 9.94. The van der Waals surface area contributed by atoms with Gasteiger partial charge in [-0.1, -0.05) is 70.5 Å². The van der Waals surface area contributed by atoms with Crippen molar-refractivity contribution in [2.24, 2.45) is 17.6 Å². The van der Waals surface area contributed by atoms with E-state index in [0.717, 1.165) is 16.5 Å². The van der Waals surface area contributed by atoms with Crippen LogP contribution in [0, 0.1) is 11.8 Å². The minimum absolute atomic E-state index is 0.00500. The summed E-state index contributed by atoms with van der Waals surface area (Å²) in [5.74, 6) is -11.7. The normalized spacial score (nSPS) is 29.2. The molecule has 0 saturated carbocycles. The van der Waals surface area contributed by atoms with E-state index < -0.39 is 212 Å². The summed E-state index contributed by atoms with van der Waals surface area (Å²) >= 11 is 0. The van der Waals surface area contributed by atoms with E-state index in [9.17, 15) is 88.2 Å². The molecular formula is C61H94N12O18. The Kier molecular flexibility index (Phi) is 28.9. The summed E-state index contributed by atoms with van der Waals surface area (Å²) in [6.07, 6.45) is -7.84. The van der Waals surface area contributed by atoms with Gasteiger partial charge in [-0.05, 0) is 102 Å². The molecule has 4 fully saturated rings. The zero-order chi connectivity index (χ0) is 67.4. The van der Waals surface area contributed by atoms with Crippen molar-refractivity contribution in [2.45, 2.75) is 222 Å². The number of primary amides is 1. The fourth-order valence-corrected chi connectivity index (χ4v) is 11.6. The smallest absolute Gasteiger partial charge is 0.268 e. The molecule has 0 aromatic heterocycles. The maximum absolute atomic E-state index is 14.9. The number of aliphatic hydroxyl groups is 6. The lowest BCUT2D eigenvalue weighted by Crippen LogP contribution is -2.61. The van der Waals surface area contributed by atoms with Gasteiger partial charge in [-0.3, -0.25) is 62.9 Å². The van der Waals surface area contributed by atoms with Crippen molar-refractivity contribution in [3.63, 3.8) is 0 Å². The van der Waals surface area contributed by atoms with Crippen LogP contribution in [0.3, 0.4) is 0 Å². The maximum Gasteiger partial charge on any atom is 0.268 e. The number of hydrogen-bond acceptors (Lipinski definition) is 19. The number of nitrogens with one attached hydrogen (secondary N) is 9. The van der Waals surface area contributed by atoms with Crippen LogP contribution in [0.25, 0.3) is 0 Å². The molecule has 4 saturated heterocycles.